The highest BCUT2D eigenvalue weighted by Gasteiger charge is 2.49. The smallest absolute Gasteiger partial charge is 0.192 e. The van der Waals surface area contributed by atoms with Crippen LogP contribution in [-0.2, 0) is 13.8 Å². The average molecular weight is 1220 g/mol. The molecule has 0 saturated heterocycles. The van der Waals surface area contributed by atoms with E-state index in [1.807, 2.05) is 113 Å². The number of hydrogen-bond acceptors (Lipinski definition) is 6. The van der Waals surface area contributed by atoms with Gasteiger partial charge >= 0.3 is 0 Å². The zero-order valence-electron chi connectivity index (χ0n) is 55.2. The number of aliphatic hydroxyl groups excluding tert-OH is 1. The van der Waals surface area contributed by atoms with E-state index in [0.29, 0.717) is 60.1 Å². The molecule has 86 heavy (non-hydrogen) atoms. The van der Waals surface area contributed by atoms with Crippen molar-refractivity contribution in [1.82, 2.24) is 0 Å². The molecule has 0 aromatic heterocycles. The summed E-state index contributed by atoms with van der Waals surface area (Å²) in [7, 11) is -4.91. The van der Waals surface area contributed by atoms with Gasteiger partial charge < -0.3 is 24.3 Å². The second-order valence-corrected chi connectivity index (χ2v) is 36.0. The summed E-state index contributed by atoms with van der Waals surface area (Å²) in [5.41, 5.74) is 6.17. The van der Waals surface area contributed by atoms with E-state index in [1.54, 1.807) is 5.57 Å². The van der Waals surface area contributed by atoms with Crippen molar-refractivity contribution in [2.75, 3.05) is 6.16 Å². The third kappa shape index (κ3) is 17.0. The van der Waals surface area contributed by atoms with Crippen molar-refractivity contribution in [2.24, 2.45) is 34.5 Å². The van der Waals surface area contributed by atoms with Crippen LogP contribution in [0, 0.1) is 34.5 Å². The molecule has 8 rings (SSSR count). The number of hydrogen-bond donors (Lipinski definition) is 3. The number of benzene rings is 2. The van der Waals surface area contributed by atoms with E-state index >= 15 is 0 Å². The Bertz CT molecular complexity index is 2850. The van der Waals surface area contributed by atoms with Gasteiger partial charge in [-0.05, 0) is 165 Å². The van der Waals surface area contributed by atoms with Gasteiger partial charge in [-0.15, -0.1) is 0 Å². The Morgan fingerprint density at radius 1 is 0.709 bits per heavy atom. The van der Waals surface area contributed by atoms with E-state index in [-0.39, 0.29) is 34.3 Å². The van der Waals surface area contributed by atoms with Crippen molar-refractivity contribution in [3.8, 4) is 0 Å². The van der Waals surface area contributed by atoms with Gasteiger partial charge in [-0.1, -0.05) is 221 Å². The highest BCUT2D eigenvalue weighted by Crippen LogP contribution is 2.58. The minimum atomic E-state index is -2.90. The number of fused-ring (bicyclic) bond motifs is 2. The van der Waals surface area contributed by atoms with Crippen molar-refractivity contribution in [1.29, 1.82) is 0 Å². The summed E-state index contributed by atoms with van der Waals surface area (Å²) >= 11 is 0. The fraction of sp³-hybridized carbons (Fsp3) is 0.592. The van der Waals surface area contributed by atoms with Crippen molar-refractivity contribution in [3.63, 3.8) is 0 Å². The summed E-state index contributed by atoms with van der Waals surface area (Å²) in [5.74, 6) is 2.10. The highest BCUT2D eigenvalue weighted by molar-refractivity contribution is 7.78. The summed E-state index contributed by atoms with van der Waals surface area (Å²) in [6.07, 6.45) is 31.5. The largest absolute Gasteiger partial charge is 0.413 e. The minimum Gasteiger partial charge on any atom is -0.413 e. The van der Waals surface area contributed by atoms with E-state index in [0.717, 1.165) is 98.8 Å². The van der Waals surface area contributed by atoms with Crippen LogP contribution in [0.5, 0.6) is 0 Å². The number of aliphatic hydroxyl groups is 3. The van der Waals surface area contributed by atoms with Gasteiger partial charge in [0.05, 0.1) is 23.4 Å². The first-order valence-electron chi connectivity index (χ1n) is 33.0. The number of allylic oxidation sites excluding steroid dienone is 12. The number of halogens is 2. The van der Waals surface area contributed by atoms with Gasteiger partial charge in [0.2, 0.25) is 0 Å². The van der Waals surface area contributed by atoms with Crippen LogP contribution >= 0.6 is 7.14 Å². The van der Waals surface area contributed by atoms with Crippen LogP contribution in [0.1, 0.15) is 192 Å². The number of ketones is 1. The van der Waals surface area contributed by atoms with Crippen LogP contribution in [-0.4, -0.2) is 71.3 Å². The molecule has 10 atom stereocenters. The van der Waals surface area contributed by atoms with Crippen LogP contribution in [0.2, 0.25) is 18.1 Å². The molecule has 10 heteroatoms. The lowest BCUT2D eigenvalue weighted by molar-refractivity contribution is -0.128. The number of carbonyl (C=O) groups is 1. The predicted molar refractivity (Wildman–Crippen MR) is 362 cm³/mol. The summed E-state index contributed by atoms with van der Waals surface area (Å²) < 4.78 is 49.9. The number of alkyl halides is 2. The SMILES string of the molecule is C=C1/C(=C\C=C2/CCC[C@]3(C)C([C@@H](C)C/C=C/C(O)(CC)CC)=CCC23)C[C@@H](O)C[C@@H]1F.C=C1/C(=C\CP(=O)(c2ccccc2)c2ccccc2)C[C@@H](O[Si](C)(C)C(C)(C)C)C[C@@H]1F.CCC(O)(/C=C/C[C@H](C)C1=CCC2C(=O)CCC[C@]12C)CC. The maximum atomic E-state index is 14.9. The number of carbonyl (C=O) groups excluding carboxylic acids is 1. The molecule has 0 radical (unpaired) electrons. The summed E-state index contributed by atoms with van der Waals surface area (Å²) in [5, 5.41) is 32.5. The van der Waals surface area contributed by atoms with Crippen LogP contribution < -0.4 is 10.6 Å². The molecule has 474 valence electrons. The van der Waals surface area contributed by atoms with Gasteiger partial charge in [-0.3, -0.25) is 4.79 Å². The van der Waals surface area contributed by atoms with Gasteiger partial charge in [0.15, 0.2) is 8.32 Å². The van der Waals surface area contributed by atoms with Crippen molar-refractivity contribution < 1.29 is 37.9 Å². The molecule has 2 unspecified atom stereocenters. The number of Topliss-reactive ketones (excluding diaryl/α,β-unsaturated/α-hetero) is 1. The topological polar surface area (TPSA) is 104 Å². The Morgan fingerprint density at radius 2 is 1.17 bits per heavy atom. The molecule has 0 bridgehead atoms. The van der Waals surface area contributed by atoms with E-state index in [2.05, 4.69) is 105 Å². The first-order chi connectivity index (χ1) is 40.4. The fourth-order valence-corrected chi connectivity index (χ4v) is 18.3. The van der Waals surface area contributed by atoms with Gasteiger partial charge in [0.25, 0.3) is 0 Å². The standard InChI is InChI=1S/C29H43FO2.C27H36FO2PSi.C20H32O2/c1-6-29(32,7-2)17-8-10-20(3)25-14-15-26-22(11-9-16-28(25,26)5)12-13-23-18-24(31)19-27(30)21(23)4;1-21-22(19-23(20-26(21)28)30-32(5,6)27(2,3)4)17-18-31(29,24-13-9-7-10-14-24)25-15-11-8-12-16-25;1-5-20(22,6-2)14-7-9-15(3)16-11-12-17-18(21)10-8-13-19(16,17)4/h8,12-14,17,20,24,26-27,31-32H,4,6-7,9-11,15-16,18-19H2,1-3,5H3;7-17,23,26H,1,18-20H2,2-6H3;7,11,14-15,17,22H,5-6,8-10,12-13H2,1-4H3/b17-8+,22-12+,23-13-;22-17-;14-7+/t20-,24+,26?,27-,28+;23-,26+;15-,17?,19+/m010/s1. The molecule has 0 aliphatic heterocycles. The quantitative estimate of drug-likeness (QED) is 0.0735. The van der Waals surface area contributed by atoms with E-state index in [4.69, 9.17) is 4.43 Å². The lowest BCUT2D eigenvalue weighted by Gasteiger charge is -2.42. The van der Waals surface area contributed by atoms with Gasteiger partial charge in [0.1, 0.15) is 25.3 Å². The third-order valence-corrected chi connectivity index (χ3v) is 29.1. The first-order valence-corrected chi connectivity index (χ1v) is 37.8. The van der Waals surface area contributed by atoms with E-state index < -0.39 is 45.1 Å². The first kappa shape index (κ1) is 71.0. The lowest BCUT2D eigenvalue weighted by atomic mass is 9.62. The van der Waals surface area contributed by atoms with Crippen LogP contribution in [0.4, 0.5) is 8.78 Å². The van der Waals surface area contributed by atoms with Gasteiger partial charge in [-0.2, -0.15) is 0 Å². The van der Waals surface area contributed by atoms with Crippen LogP contribution in [0.25, 0.3) is 0 Å². The molecule has 6 aliphatic carbocycles. The Hall–Kier alpha value is -4.08. The zero-order chi connectivity index (χ0) is 63.5. The number of rotatable bonds is 19. The molecule has 4 fully saturated rings. The van der Waals surface area contributed by atoms with Gasteiger partial charge in [-0.25, -0.2) is 8.78 Å². The molecular weight excluding hydrogens is 1110 g/mol. The Morgan fingerprint density at radius 3 is 1.67 bits per heavy atom. The average Bonchev–Trinajstić information content (AvgIpc) is 3.64. The molecular formula is C76H111F2O6PSi. The van der Waals surface area contributed by atoms with E-state index in [9.17, 15) is 33.5 Å². The maximum absolute atomic E-state index is 14.9. The molecule has 2 aromatic rings. The zero-order valence-corrected chi connectivity index (χ0v) is 57.1. The second kappa shape index (κ2) is 30.2. The molecule has 3 N–H and O–H groups in total. The highest BCUT2D eigenvalue weighted by atomic mass is 31.2. The van der Waals surface area contributed by atoms with Crippen molar-refractivity contribution >= 4 is 31.9 Å². The fourth-order valence-electron chi connectivity index (χ4n) is 14.4. The molecule has 4 saturated carbocycles. The predicted octanol–water partition coefficient (Wildman–Crippen LogP) is 19.0. The summed E-state index contributed by atoms with van der Waals surface area (Å²) in [6.45, 7) is 36.3. The Kier molecular flexibility index (Phi) is 24.9. The summed E-state index contributed by atoms with van der Waals surface area (Å²) in [4.78, 5) is 12.2. The molecule has 0 heterocycles. The lowest BCUT2D eigenvalue weighted by Crippen LogP contribution is -2.45. The van der Waals surface area contributed by atoms with Crippen LogP contribution in [0.3, 0.4) is 0 Å². The second-order valence-electron chi connectivity index (χ2n) is 28.4. The van der Waals surface area contributed by atoms with Gasteiger partial charge in [0, 0.05) is 42.0 Å². The van der Waals surface area contributed by atoms with E-state index in [1.165, 1.54) is 24.0 Å². The third-order valence-electron chi connectivity index (χ3n) is 21.6. The van der Waals surface area contributed by atoms with Crippen molar-refractivity contribution in [2.45, 2.75) is 246 Å². The summed E-state index contributed by atoms with van der Waals surface area (Å²) in [6, 6.07) is 19.2. The normalized spacial score (nSPS) is 28.9. The minimum absolute atomic E-state index is 0.0630. The monoisotopic (exact) mass is 1220 g/mol. The molecule has 6 nitrogen and oxygen atoms in total. The molecule has 0 amide bonds. The maximum Gasteiger partial charge on any atom is 0.192 e. The van der Waals surface area contributed by atoms with Crippen LogP contribution in [0.15, 0.2) is 168 Å². The Balaban J connectivity index is 0.000000210. The molecule has 6 aliphatic rings. The molecule has 2 aromatic carbocycles. The van der Waals surface area contributed by atoms with Crippen molar-refractivity contribution in [3.05, 3.63) is 168 Å². The molecule has 0 spiro atoms. The Labute approximate surface area is 520 Å².